The molecule has 1 aromatic carbocycles. The summed E-state index contributed by atoms with van der Waals surface area (Å²) < 4.78 is 23.7. The minimum Gasteiger partial charge on any atom is -0.494 e. The van der Waals surface area contributed by atoms with Gasteiger partial charge in [-0.3, -0.25) is 4.79 Å². The Morgan fingerprint density at radius 1 is 1.25 bits per heavy atom. The van der Waals surface area contributed by atoms with E-state index in [0.717, 1.165) is 25.9 Å². The Labute approximate surface area is 148 Å². The van der Waals surface area contributed by atoms with Gasteiger partial charge in [0.2, 0.25) is 0 Å². The topological polar surface area (TPSA) is 59.6 Å². The molecule has 0 radical (unpaired) electrons. The number of unbranched alkanes of at least 4 members (excludes halogenated alkanes) is 1. The Morgan fingerprint density at radius 3 is 2.54 bits per heavy atom. The maximum Gasteiger partial charge on any atom is 0.252 e. The summed E-state index contributed by atoms with van der Waals surface area (Å²) in [7, 11) is 1.60. The summed E-state index contributed by atoms with van der Waals surface area (Å²) in [5.41, 5.74) is -0.685. The van der Waals surface area contributed by atoms with Crippen molar-refractivity contribution in [1.29, 1.82) is 0 Å². The van der Waals surface area contributed by atoms with Crippen molar-refractivity contribution in [3.8, 4) is 5.75 Å². The van der Waals surface area contributed by atoms with Crippen LogP contribution < -0.4 is 15.4 Å². The number of carbonyl (C=O) groups excluding carboxylic acids is 1. The van der Waals surface area contributed by atoms with Crippen molar-refractivity contribution >= 4 is 18.3 Å². The summed E-state index contributed by atoms with van der Waals surface area (Å²) in [4.78, 5) is 12.3. The van der Waals surface area contributed by atoms with Crippen molar-refractivity contribution in [3.63, 3.8) is 0 Å². The van der Waals surface area contributed by atoms with Crippen LogP contribution in [0.1, 0.15) is 25.7 Å². The molecule has 1 amide bonds. The second kappa shape index (κ2) is 10.5. The highest BCUT2D eigenvalue weighted by molar-refractivity contribution is 5.85. The third kappa shape index (κ3) is 5.92. The summed E-state index contributed by atoms with van der Waals surface area (Å²) >= 11 is 0. The molecule has 24 heavy (non-hydrogen) atoms. The van der Waals surface area contributed by atoms with Crippen molar-refractivity contribution in [2.75, 3.05) is 33.4 Å². The lowest BCUT2D eigenvalue weighted by Gasteiger charge is -2.34. The number of benzene rings is 1. The van der Waals surface area contributed by atoms with Crippen molar-refractivity contribution < 1.29 is 18.7 Å². The highest BCUT2D eigenvalue weighted by atomic mass is 35.5. The number of carbonyl (C=O) groups is 1. The molecule has 136 valence electrons. The van der Waals surface area contributed by atoms with Crippen LogP contribution in [0.25, 0.3) is 0 Å². The van der Waals surface area contributed by atoms with Gasteiger partial charge in [0, 0.05) is 13.7 Å². The maximum absolute atomic E-state index is 12.8. The van der Waals surface area contributed by atoms with Crippen LogP contribution in [0.3, 0.4) is 0 Å². The standard InChI is InChI=1S/C17H25FN2O3.ClH/c1-22-17(8-11-19-12-9-17)16(21)20-10-2-3-13-23-15-6-4-14(18)5-7-15;/h4-7,19H,2-3,8-13H2,1H3,(H,20,21);1H. The first-order chi connectivity index (χ1) is 11.2. The number of halogens is 2. The Hall–Kier alpha value is -1.37. The lowest BCUT2D eigenvalue weighted by atomic mass is 9.91. The van der Waals surface area contributed by atoms with Gasteiger partial charge in [-0.2, -0.15) is 0 Å². The number of methoxy groups -OCH3 is 1. The van der Waals surface area contributed by atoms with Gasteiger partial charge in [0.15, 0.2) is 0 Å². The Balaban J connectivity index is 0.00000288. The average molecular weight is 361 g/mol. The molecular weight excluding hydrogens is 335 g/mol. The van der Waals surface area contributed by atoms with E-state index < -0.39 is 5.60 Å². The Morgan fingerprint density at radius 2 is 1.92 bits per heavy atom. The van der Waals surface area contributed by atoms with Crippen LogP contribution in [-0.4, -0.2) is 44.9 Å². The first-order valence-corrected chi connectivity index (χ1v) is 8.09. The van der Waals surface area contributed by atoms with Crippen LogP contribution in [0.5, 0.6) is 5.75 Å². The van der Waals surface area contributed by atoms with Gasteiger partial charge in [-0.05, 0) is 63.0 Å². The van der Waals surface area contributed by atoms with E-state index in [1.54, 1.807) is 19.2 Å². The van der Waals surface area contributed by atoms with Crippen LogP contribution in [-0.2, 0) is 9.53 Å². The molecule has 1 aromatic rings. The van der Waals surface area contributed by atoms with E-state index in [1.807, 2.05) is 0 Å². The molecular formula is C17H26ClFN2O3. The summed E-state index contributed by atoms with van der Waals surface area (Å²) in [5.74, 6) is 0.356. The van der Waals surface area contributed by atoms with Gasteiger partial charge in [-0.15, -0.1) is 12.4 Å². The molecule has 5 nitrogen and oxygen atoms in total. The van der Waals surface area contributed by atoms with Gasteiger partial charge >= 0.3 is 0 Å². The predicted molar refractivity (Wildman–Crippen MR) is 93.2 cm³/mol. The van der Waals surface area contributed by atoms with E-state index in [2.05, 4.69) is 10.6 Å². The largest absolute Gasteiger partial charge is 0.494 e. The molecule has 7 heteroatoms. The number of amides is 1. The van der Waals surface area contributed by atoms with Crippen molar-refractivity contribution in [2.45, 2.75) is 31.3 Å². The fourth-order valence-electron chi connectivity index (χ4n) is 2.67. The monoisotopic (exact) mass is 360 g/mol. The normalized spacial score (nSPS) is 16.1. The fourth-order valence-corrected chi connectivity index (χ4v) is 2.67. The second-order valence-corrected chi connectivity index (χ2v) is 5.71. The number of rotatable bonds is 8. The molecule has 1 saturated heterocycles. The smallest absolute Gasteiger partial charge is 0.252 e. The molecule has 1 aliphatic rings. The molecule has 0 spiro atoms. The van der Waals surface area contributed by atoms with Gasteiger partial charge in [-0.25, -0.2) is 4.39 Å². The zero-order chi connectivity index (χ0) is 16.5. The van der Waals surface area contributed by atoms with Crippen LogP contribution >= 0.6 is 12.4 Å². The van der Waals surface area contributed by atoms with E-state index in [4.69, 9.17) is 9.47 Å². The molecule has 2 rings (SSSR count). The average Bonchev–Trinajstić information content (AvgIpc) is 2.60. The second-order valence-electron chi connectivity index (χ2n) is 5.71. The molecule has 1 heterocycles. The third-order valence-electron chi connectivity index (χ3n) is 4.15. The van der Waals surface area contributed by atoms with Gasteiger partial charge < -0.3 is 20.1 Å². The van der Waals surface area contributed by atoms with Crippen molar-refractivity contribution in [1.82, 2.24) is 10.6 Å². The highest BCUT2D eigenvalue weighted by Crippen LogP contribution is 2.22. The summed E-state index contributed by atoms with van der Waals surface area (Å²) in [5, 5.41) is 6.19. The SMILES string of the molecule is COC1(C(=O)NCCCCOc2ccc(F)cc2)CCNCC1.Cl. The van der Waals surface area contributed by atoms with Crippen LogP contribution in [0.4, 0.5) is 4.39 Å². The van der Waals surface area contributed by atoms with Crippen molar-refractivity contribution in [2.24, 2.45) is 0 Å². The van der Waals surface area contributed by atoms with Gasteiger partial charge in [0.05, 0.1) is 6.61 Å². The maximum atomic E-state index is 12.8. The fraction of sp³-hybridized carbons (Fsp3) is 0.588. The first-order valence-electron chi connectivity index (χ1n) is 8.09. The van der Waals surface area contributed by atoms with E-state index in [1.165, 1.54) is 12.1 Å². The summed E-state index contributed by atoms with van der Waals surface area (Å²) in [6, 6.07) is 5.96. The molecule has 0 aromatic heterocycles. The van der Waals surface area contributed by atoms with Gasteiger partial charge in [0.25, 0.3) is 5.91 Å². The summed E-state index contributed by atoms with van der Waals surface area (Å²) in [6.45, 7) is 2.74. The zero-order valence-corrected chi connectivity index (χ0v) is 14.8. The first kappa shape index (κ1) is 20.7. The number of hydrogen-bond donors (Lipinski definition) is 2. The van der Waals surface area contributed by atoms with Crippen LogP contribution in [0.2, 0.25) is 0 Å². The van der Waals surface area contributed by atoms with E-state index >= 15 is 0 Å². The third-order valence-corrected chi connectivity index (χ3v) is 4.15. The molecule has 2 N–H and O–H groups in total. The molecule has 1 aliphatic heterocycles. The highest BCUT2D eigenvalue weighted by Gasteiger charge is 2.39. The zero-order valence-electron chi connectivity index (χ0n) is 14.0. The van der Waals surface area contributed by atoms with E-state index in [0.29, 0.717) is 31.7 Å². The summed E-state index contributed by atoms with van der Waals surface area (Å²) in [6.07, 6.45) is 3.04. The predicted octanol–water partition coefficient (Wildman–Crippen LogP) is 2.29. The molecule has 0 unspecified atom stereocenters. The lowest BCUT2D eigenvalue weighted by Crippen LogP contribution is -2.54. The lowest BCUT2D eigenvalue weighted by molar-refractivity contribution is -0.146. The number of piperidine rings is 1. The molecule has 1 fully saturated rings. The molecule has 0 saturated carbocycles. The molecule has 0 atom stereocenters. The van der Waals surface area contributed by atoms with Crippen LogP contribution in [0, 0.1) is 5.82 Å². The minimum absolute atomic E-state index is 0. The van der Waals surface area contributed by atoms with E-state index in [-0.39, 0.29) is 24.1 Å². The van der Waals surface area contributed by atoms with Gasteiger partial charge in [0.1, 0.15) is 17.2 Å². The van der Waals surface area contributed by atoms with E-state index in [9.17, 15) is 9.18 Å². The quantitative estimate of drug-likeness (QED) is 0.698. The minimum atomic E-state index is -0.685. The molecule has 0 aliphatic carbocycles. The Kier molecular flexibility index (Phi) is 9.03. The number of nitrogens with one attached hydrogen (secondary N) is 2. The van der Waals surface area contributed by atoms with Crippen molar-refractivity contribution in [3.05, 3.63) is 30.1 Å². The van der Waals surface area contributed by atoms with Crippen LogP contribution in [0.15, 0.2) is 24.3 Å². The number of hydrogen-bond acceptors (Lipinski definition) is 4. The number of ether oxygens (including phenoxy) is 2. The Bertz CT molecular complexity index is 493. The molecule has 0 bridgehead atoms. The van der Waals surface area contributed by atoms with Gasteiger partial charge in [-0.1, -0.05) is 0 Å².